The van der Waals surface area contributed by atoms with Crippen molar-refractivity contribution in [2.45, 2.75) is 33.2 Å². The van der Waals surface area contributed by atoms with E-state index in [1.807, 2.05) is 39.0 Å². The number of rotatable bonds is 5. The lowest BCUT2D eigenvalue weighted by atomic mass is 10.1. The minimum absolute atomic E-state index is 0.0252. The number of benzene rings is 1. The van der Waals surface area contributed by atoms with E-state index in [1.165, 1.54) is 0 Å². The summed E-state index contributed by atoms with van der Waals surface area (Å²) in [7, 11) is 0. The Morgan fingerprint density at radius 3 is 2.67 bits per heavy atom. The summed E-state index contributed by atoms with van der Waals surface area (Å²) in [6.07, 6.45) is 0.608. The maximum absolute atomic E-state index is 12.5. The largest absolute Gasteiger partial charge is 0.396 e. The summed E-state index contributed by atoms with van der Waals surface area (Å²) in [6, 6.07) is 5.77. The first-order valence-electron chi connectivity index (χ1n) is 6.16. The van der Waals surface area contributed by atoms with Gasteiger partial charge in [-0.3, -0.25) is 4.79 Å². The molecule has 0 radical (unpaired) electrons. The summed E-state index contributed by atoms with van der Waals surface area (Å²) in [6.45, 7) is 6.60. The summed E-state index contributed by atoms with van der Waals surface area (Å²) in [5, 5.41) is 8.90. The molecule has 0 spiro atoms. The molecule has 1 rings (SSSR count). The number of aliphatic hydroxyl groups is 1. The maximum Gasteiger partial charge on any atom is 0.254 e. The van der Waals surface area contributed by atoms with Crippen molar-refractivity contribution < 1.29 is 9.90 Å². The molecule has 1 aromatic rings. The summed E-state index contributed by atoms with van der Waals surface area (Å²) >= 11 is 3.44. The molecular formula is C14H20BrNO2. The molecule has 0 bridgehead atoms. The van der Waals surface area contributed by atoms with Gasteiger partial charge < -0.3 is 10.0 Å². The van der Waals surface area contributed by atoms with Crippen molar-refractivity contribution in [2.24, 2.45) is 0 Å². The number of hydrogen-bond donors (Lipinski definition) is 1. The molecule has 1 amide bonds. The molecule has 0 aliphatic carbocycles. The van der Waals surface area contributed by atoms with E-state index >= 15 is 0 Å². The molecule has 0 fully saturated rings. The van der Waals surface area contributed by atoms with Gasteiger partial charge in [-0.05, 0) is 44.9 Å². The summed E-state index contributed by atoms with van der Waals surface area (Å²) in [4.78, 5) is 14.3. The van der Waals surface area contributed by atoms with E-state index in [-0.39, 0.29) is 18.6 Å². The highest BCUT2D eigenvalue weighted by molar-refractivity contribution is 9.10. The summed E-state index contributed by atoms with van der Waals surface area (Å²) in [5.41, 5.74) is 1.67. The fourth-order valence-electron chi connectivity index (χ4n) is 1.83. The average Bonchev–Trinajstić information content (AvgIpc) is 2.32. The second kappa shape index (κ2) is 6.90. The fraction of sp³-hybridized carbons (Fsp3) is 0.500. The lowest BCUT2D eigenvalue weighted by molar-refractivity contribution is 0.0692. The standard InChI is InChI=1S/C14H20BrNO2/c1-10(2)16(8-5-9-17)14(18)12-6-4-7-13(15)11(12)3/h4,6-7,10,17H,5,8-9H2,1-3H3. The quantitative estimate of drug-likeness (QED) is 0.908. The highest BCUT2D eigenvalue weighted by Crippen LogP contribution is 2.21. The number of hydrogen-bond acceptors (Lipinski definition) is 2. The lowest BCUT2D eigenvalue weighted by Gasteiger charge is -2.27. The third kappa shape index (κ3) is 3.56. The molecule has 0 heterocycles. The van der Waals surface area contributed by atoms with Crippen LogP contribution in [0.4, 0.5) is 0 Å². The Morgan fingerprint density at radius 1 is 1.44 bits per heavy atom. The zero-order valence-electron chi connectivity index (χ0n) is 11.1. The molecule has 0 saturated heterocycles. The number of carbonyl (C=O) groups is 1. The van der Waals surface area contributed by atoms with Crippen molar-refractivity contribution in [1.29, 1.82) is 0 Å². The van der Waals surface area contributed by atoms with Crippen molar-refractivity contribution in [3.63, 3.8) is 0 Å². The Hall–Kier alpha value is -0.870. The highest BCUT2D eigenvalue weighted by Gasteiger charge is 2.20. The van der Waals surface area contributed by atoms with Crippen LogP contribution in [0, 0.1) is 6.92 Å². The molecule has 0 saturated carbocycles. The molecule has 3 nitrogen and oxygen atoms in total. The molecule has 1 aromatic carbocycles. The van der Waals surface area contributed by atoms with Crippen LogP contribution in [0.3, 0.4) is 0 Å². The van der Waals surface area contributed by atoms with Crippen LogP contribution in [0.1, 0.15) is 36.2 Å². The van der Waals surface area contributed by atoms with Gasteiger partial charge in [-0.15, -0.1) is 0 Å². The van der Waals surface area contributed by atoms with Crippen molar-refractivity contribution in [3.8, 4) is 0 Å². The minimum Gasteiger partial charge on any atom is -0.396 e. The van der Waals surface area contributed by atoms with E-state index in [0.29, 0.717) is 13.0 Å². The summed E-state index contributed by atoms with van der Waals surface area (Å²) in [5.74, 6) is 0.0252. The Balaban J connectivity index is 2.98. The van der Waals surface area contributed by atoms with Crippen molar-refractivity contribution in [1.82, 2.24) is 4.90 Å². The van der Waals surface area contributed by atoms with E-state index in [2.05, 4.69) is 15.9 Å². The Labute approximate surface area is 117 Å². The second-order valence-corrected chi connectivity index (χ2v) is 5.44. The van der Waals surface area contributed by atoms with E-state index in [1.54, 1.807) is 4.90 Å². The monoisotopic (exact) mass is 313 g/mol. The molecule has 0 aliphatic rings. The van der Waals surface area contributed by atoms with Gasteiger partial charge in [0.1, 0.15) is 0 Å². The van der Waals surface area contributed by atoms with Gasteiger partial charge in [0.05, 0.1) is 0 Å². The van der Waals surface area contributed by atoms with E-state index < -0.39 is 0 Å². The topological polar surface area (TPSA) is 40.5 Å². The molecule has 0 aliphatic heterocycles. The molecular weight excluding hydrogens is 294 g/mol. The number of halogens is 1. The van der Waals surface area contributed by atoms with Crippen molar-refractivity contribution in [2.75, 3.05) is 13.2 Å². The Morgan fingerprint density at radius 2 is 2.11 bits per heavy atom. The average molecular weight is 314 g/mol. The van der Waals surface area contributed by atoms with Gasteiger partial charge in [-0.25, -0.2) is 0 Å². The lowest BCUT2D eigenvalue weighted by Crippen LogP contribution is -2.38. The maximum atomic E-state index is 12.5. The minimum atomic E-state index is 0.0252. The molecule has 0 unspecified atom stereocenters. The van der Waals surface area contributed by atoms with Gasteiger partial charge in [-0.2, -0.15) is 0 Å². The van der Waals surface area contributed by atoms with E-state index in [9.17, 15) is 4.79 Å². The highest BCUT2D eigenvalue weighted by atomic mass is 79.9. The third-order valence-electron chi connectivity index (χ3n) is 2.94. The van der Waals surface area contributed by atoms with Gasteiger partial charge in [0, 0.05) is 29.2 Å². The molecule has 1 N–H and O–H groups in total. The Kier molecular flexibility index (Phi) is 5.82. The first-order valence-corrected chi connectivity index (χ1v) is 6.95. The normalized spacial score (nSPS) is 10.8. The van der Waals surface area contributed by atoms with Crippen LogP contribution in [0.2, 0.25) is 0 Å². The van der Waals surface area contributed by atoms with E-state index in [4.69, 9.17) is 5.11 Å². The SMILES string of the molecule is Cc1c(Br)cccc1C(=O)N(CCCO)C(C)C. The van der Waals surface area contributed by atoms with Crippen LogP contribution < -0.4 is 0 Å². The van der Waals surface area contributed by atoms with Gasteiger partial charge in [-0.1, -0.05) is 22.0 Å². The number of carbonyl (C=O) groups excluding carboxylic acids is 1. The molecule has 100 valence electrons. The predicted molar refractivity (Wildman–Crippen MR) is 76.8 cm³/mol. The van der Waals surface area contributed by atoms with E-state index in [0.717, 1.165) is 15.6 Å². The van der Waals surface area contributed by atoms with Crippen LogP contribution in [0.5, 0.6) is 0 Å². The smallest absolute Gasteiger partial charge is 0.254 e. The first-order chi connectivity index (χ1) is 8.49. The zero-order valence-corrected chi connectivity index (χ0v) is 12.7. The van der Waals surface area contributed by atoms with Crippen LogP contribution in [-0.2, 0) is 0 Å². The molecule has 4 heteroatoms. The fourth-order valence-corrected chi connectivity index (χ4v) is 2.20. The second-order valence-electron chi connectivity index (χ2n) is 4.58. The van der Waals surface area contributed by atoms with Crippen LogP contribution in [0.25, 0.3) is 0 Å². The number of nitrogens with zero attached hydrogens (tertiary/aromatic N) is 1. The molecule has 0 atom stereocenters. The van der Waals surface area contributed by atoms with Crippen molar-refractivity contribution >= 4 is 21.8 Å². The van der Waals surface area contributed by atoms with Gasteiger partial charge >= 0.3 is 0 Å². The summed E-state index contributed by atoms with van der Waals surface area (Å²) < 4.78 is 0.944. The zero-order chi connectivity index (χ0) is 13.7. The van der Waals surface area contributed by atoms with Crippen LogP contribution >= 0.6 is 15.9 Å². The molecule has 18 heavy (non-hydrogen) atoms. The Bertz CT molecular complexity index is 418. The first kappa shape index (κ1) is 15.2. The van der Waals surface area contributed by atoms with Gasteiger partial charge in [0.2, 0.25) is 0 Å². The number of aliphatic hydroxyl groups excluding tert-OH is 1. The van der Waals surface area contributed by atoms with Crippen LogP contribution in [-0.4, -0.2) is 35.1 Å². The van der Waals surface area contributed by atoms with Crippen molar-refractivity contribution in [3.05, 3.63) is 33.8 Å². The van der Waals surface area contributed by atoms with Gasteiger partial charge in [0.15, 0.2) is 0 Å². The van der Waals surface area contributed by atoms with Crippen LogP contribution in [0.15, 0.2) is 22.7 Å². The predicted octanol–water partition coefficient (Wildman–Crippen LogP) is 2.99. The molecule has 0 aromatic heterocycles. The van der Waals surface area contributed by atoms with Gasteiger partial charge in [0.25, 0.3) is 5.91 Å². The number of amides is 1. The third-order valence-corrected chi connectivity index (χ3v) is 3.80.